The van der Waals surface area contributed by atoms with E-state index in [4.69, 9.17) is 0 Å². The van der Waals surface area contributed by atoms with E-state index in [9.17, 15) is 18.0 Å². The highest BCUT2D eigenvalue weighted by atomic mass is 32.1. The van der Waals surface area contributed by atoms with Crippen LogP contribution in [0.25, 0.3) is 0 Å². The Morgan fingerprint density at radius 2 is 2.24 bits per heavy atom. The van der Waals surface area contributed by atoms with Crippen molar-refractivity contribution in [2.75, 3.05) is 0 Å². The number of nitrogens with zero attached hydrogens (tertiary/aromatic N) is 2. The Morgan fingerprint density at radius 3 is 2.71 bits per heavy atom. The van der Waals surface area contributed by atoms with Crippen LogP contribution in [0.3, 0.4) is 0 Å². The molecule has 0 fully saturated rings. The number of alkyl halides is 3. The van der Waals surface area contributed by atoms with Crippen LogP contribution in [0.15, 0.2) is 11.4 Å². The van der Waals surface area contributed by atoms with E-state index in [0.29, 0.717) is 6.42 Å². The van der Waals surface area contributed by atoms with E-state index in [0.717, 1.165) is 22.4 Å². The van der Waals surface area contributed by atoms with E-state index >= 15 is 0 Å². The monoisotopic (exact) mass is 318 g/mol. The maximum absolute atomic E-state index is 12.5. The summed E-state index contributed by atoms with van der Waals surface area (Å²) in [6, 6.07) is 0.987. The Bertz CT molecular complexity index is 634. The van der Waals surface area contributed by atoms with Gasteiger partial charge in [0, 0.05) is 11.1 Å². The predicted molar refractivity (Wildman–Crippen MR) is 70.9 cm³/mol. The maximum atomic E-state index is 12.5. The number of nitrogens with one attached hydrogen (secondary N) is 2. The quantitative estimate of drug-likeness (QED) is 0.910. The Hall–Kier alpha value is -1.90. The molecule has 1 atom stereocenters. The zero-order valence-corrected chi connectivity index (χ0v) is 12.1. The average molecular weight is 318 g/mol. The zero-order chi connectivity index (χ0) is 15.6. The minimum Gasteiger partial charge on any atom is -0.341 e. The molecule has 21 heavy (non-hydrogen) atoms. The van der Waals surface area contributed by atoms with Gasteiger partial charge in [0.05, 0.1) is 6.04 Å². The second kappa shape index (κ2) is 5.84. The number of halogens is 3. The van der Waals surface area contributed by atoms with Crippen LogP contribution in [0, 0.1) is 6.92 Å². The Morgan fingerprint density at radius 1 is 1.52 bits per heavy atom. The number of H-pyrrole nitrogens is 1. The van der Waals surface area contributed by atoms with Crippen LogP contribution in [-0.4, -0.2) is 21.1 Å². The summed E-state index contributed by atoms with van der Waals surface area (Å²) in [5, 5.41) is 10.3. The fourth-order valence-corrected chi connectivity index (χ4v) is 2.64. The Labute approximate surface area is 122 Å². The number of aryl methyl sites for hydroxylation is 1. The number of carbonyl (C=O) groups excluding carboxylic acids is 1. The van der Waals surface area contributed by atoms with Crippen molar-refractivity contribution in [1.29, 1.82) is 0 Å². The van der Waals surface area contributed by atoms with E-state index in [2.05, 4.69) is 20.5 Å². The third kappa shape index (κ3) is 3.60. The molecule has 114 valence electrons. The molecule has 2 aromatic heterocycles. The SMILES string of the molecule is CC[C@H](NC(=O)c1cc(C)[nH]n1)c1nc(C(F)(F)F)cs1. The lowest BCUT2D eigenvalue weighted by Crippen LogP contribution is -2.28. The number of amides is 1. The molecule has 0 saturated heterocycles. The molecule has 2 heterocycles. The number of carbonyl (C=O) groups is 1. The molecule has 0 radical (unpaired) electrons. The van der Waals surface area contributed by atoms with Gasteiger partial charge in [-0.3, -0.25) is 9.89 Å². The predicted octanol–water partition coefficient (Wildman–Crippen LogP) is 3.07. The molecule has 0 bridgehead atoms. The number of thiazole rings is 1. The van der Waals surface area contributed by atoms with Crippen LogP contribution in [0.4, 0.5) is 13.2 Å². The van der Waals surface area contributed by atoms with E-state index in [-0.39, 0.29) is 10.7 Å². The molecule has 2 rings (SSSR count). The van der Waals surface area contributed by atoms with E-state index < -0.39 is 23.8 Å². The highest BCUT2D eigenvalue weighted by molar-refractivity contribution is 7.09. The van der Waals surface area contributed by atoms with Crippen molar-refractivity contribution in [3.05, 3.63) is 33.5 Å². The van der Waals surface area contributed by atoms with Crippen molar-refractivity contribution >= 4 is 17.2 Å². The van der Waals surface area contributed by atoms with Crippen LogP contribution in [-0.2, 0) is 6.18 Å². The van der Waals surface area contributed by atoms with Crippen LogP contribution < -0.4 is 5.32 Å². The topological polar surface area (TPSA) is 70.7 Å². The summed E-state index contributed by atoms with van der Waals surface area (Å²) >= 11 is 0.877. The van der Waals surface area contributed by atoms with E-state index in [1.165, 1.54) is 0 Å². The highest BCUT2D eigenvalue weighted by Gasteiger charge is 2.34. The van der Waals surface area contributed by atoms with Crippen LogP contribution >= 0.6 is 11.3 Å². The first-order chi connectivity index (χ1) is 9.81. The van der Waals surface area contributed by atoms with Crippen molar-refractivity contribution in [3.8, 4) is 0 Å². The van der Waals surface area contributed by atoms with E-state index in [1.807, 2.05) is 0 Å². The van der Waals surface area contributed by atoms with Gasteiger partial charge < -0.3 is 5.32 Å². The Balaban J connectivity index is 2.13. The van der Waals surface area contributed by atoms with Gasteiger partial charge >= 0.3 is 6.18 Å². The second-order valence-electron chi connectivity index (χ2n) is 4.44. The third-order valence-electron chi connectivity index (χ3n) is 2.76. The average Bonchev–Trinajstić information content (AvgIpc) is 3.03. The fourth-order valence-electron chi connectivity index (χ4n) is 1.68. The minimum absolute atomic E-state index is 0.193. The first-order valence-electron chi connectivity index (χ1n) is 6.16. The molecule has 0 aliphatic heterocycles. The first-order valence-corrected chi connectivity index (χ1v) is 7.04. The summed E-state index contributed by atoms with van der Waals surface area (Å²) in [5.74, 6) is -0.449. The molecular weight excluding hydrogens is 305 g/mol. The lowest BCUT2D eigenvalue weighted by Gasteiger charge is -2.13. The van der Waals surface area contributed by atoms with Gasteiger partial charge in [-0.1, -0.05) is 6.92 Å². The first kappa shape index (κ1) is 15.5. The van der Waals surface area contributed by atoms with Crippen molar-refractivity contribution in [3.63, 3.8) is 0 Å². The fraction of sp³-hybridized carbons (Fsp3) is 0.417. The van der Waals surface area contributed by atoms with Gasteiger partial charge in [0.1, 0.15) is 10.7 Å². The number of hydrogen-bond acceptors (Lipinski definition) is 4. The molecule has 0 unspecified atom stereocenters. The normalized spacial score (nSPS) is 13.2. The lowest BCUT2D eigenvalue weighted by molar-refractivity contribution is -0.140. The van der Waals surface area contributed by atoms with Crippen molar-refractivity contribution in [2.45, 2.75) is 32.5 Å². The van der Waals surface area contributed by atoms with Gasteiger partial charge in [0.25, 0.3) is 5.91 Å². The third-order valence-corrected chi connectivity index (χ3v) is 3.72. The van der Waals surface area contributed by atoms with Gasteiger partial charge in [-0.05, 0) is 19.4 Å². The molecule has 0 aromatic carbocycles. The molecule has 5 nitrogen and oxygen atoms in total. The van der Waals surface area contributed by atoms with Crippen molar-refractivity contribution in [1.82, 2.24) is 20.5 Å². The molecule has 2 aromatic rings. The highest BCUT2D eigenvalue weighted by Crippen LogP contribution is 2.32. The number of hydrogen-bond donors (Lipinski definition) is 2. The smallest absolute Gasteiger partial charge is 0.341 e. The van der Waals surface area contributed by atoms with E-state index in [1.54, 1.807) is 19.9 Å². The molecule has 0 aliphatic carbocycles. The molecule has 0 aliphatic rings. The largest absolute Gasteiger partial charge is 0.434 e. The second-order valence-corrected chi connectivity index (χ2v) is 5.33. The van der Waals surface area contributed by atoms with Crippen LogP contribution in [0.1, 0.15) is 46.3 Å². The number of rotatable bonds is 4. The molecule has 2 N–H and O–H groups in total. The maximum Gasteiger partial charge on any atom is 0.434 e. The molecular formula is C12H13F3N4OS. The molecule has 0 spiro atoms. The molecule has 9 heteroatoms. The van der Waals surface area contributed by atoms with Crippen molar-refractivity contribution in [2.24, 2.45) is 0 Å². The van der Waals surface area contributed by atoms with Gasteiger partial charge in [0.15, 0.2) is 5.69 Å². The summed E-state index contributed by atoms with van der Waals surface area (Å²) in [7, 11) is 0. The van der Waals surface area contributed by atoms with Crippen LogP contribution in [0.5, 0.6) is 0 Å². The van der Waals surface area contributed by atoms with Gasteiger partial charge in [-0.25, -0.2) is 4.98 Å². The molecule has 1 amide bonds. The lowest BCUT2D eigenvalue weighted by atomic mass is 10.2. The van der Waals surface area contributed by atoms with Gasteiger partial charge in [0.2, 0.25) is 0 Å². The summed E-state index contributed by atoms with van der Waals surface area (Å²) in [5.41, 5.74) is -0.0221. The summed E-state index contributed by atoms with van der Waals surface area (Å²) in [4.78, 5) is 15.5. The van der Waals surface area contributed by atoms with Gasteiger partial charge in [-0.15, -0.1) is 11.3 Å². The molecule has 0 saturated carbocycles. The summed E-state index contributed by atoms with van der Waals surface area (Å²) in [6.07, 6.45) is -4.05. The van der Waals surface area contributed by atoms with Crippen molar-refractivity contribution < 1.29 is 18.0 Å². The minimum atomic E-state index is -4.48. The Kier molecular flexibility index (Phi) is 4.31. The van der Waals surface area contributed by atoms with Gasteiger partial charge in [-0.2, -0.15) is 18.3 Å². The van der Waals surface area contributed by atoms with Crippen LogP contribution in [0.2, 0.25) is 0 Å². The zero-order valence-electron chi connectivity index (χ0n) is 11.3. The number of aromatic nitrogens is 3. The summed E-state index contributed by atoms with van der Waals surface area (Å²) < 4.78 is 37.6. The number of aromatic amines is 1. The standard InChI is InChI=1S/C12H13F3N4OS/c1-3-7(11-17-9(5-21-11)12(13,14)15)16-10(20)8-4-6(2)18-19-8/h4-5,7H,3H2,1-2H3,(H,16,20)(H,18,19)/t7-/m0/s1. The summed E-state index contributed by atoms with van der Waals surface area (Å²) in [6.45, 7) is 3.51.